The summed E-state index contributed by atoms with van der Waals surface area (Å²) in [7, 11) is 3.18. The Balaban J connectivity index is 1.88. The first-order valence-electron chi connectivity index (χ1n) is 7.31. The molecule has 5 nitrogen and oxygen atoms in total. The number of ether oxygens (including phenoxy) is 2. The molecule has 0 heterocycles. The number of allylic oxidation sites excluding steroid dienone is 2. The van der Waals surface area contributed by atoms with E-state index in [1.54, 1.807) is 26.4 Å². The van der Waals surface area contributed by atoms with Crippen LogP contribution in [0.2, 0.25) is 0 Å². The molecule has 0 aromatic heterocycles. The highest BCUT2D eigenvalue weighted by Crippen LogP contribution is 2.24. The fourth-order valence-electron chi connectivity index (χ4n) is 2.42. The van der Waals surface area contributed by atoms with E-state index < -0.39 is 0 Å². The molecule has 1 aliphatic rings. The van der Waals surface area contributed by atoms with Gasteiger partial charge in [0.1, 0.15) is 11.5 Å². The van der Waals surface area contributed by atoms with Gasteiger partial charge in [0.25, 0.3) is 0 Å². The van der Waals surface area contributed by atoms with E-state index in [1.807, 2.05) is 18.2 Å². The number of benzene rings is 1. The standard InChI is InChI=1S/C17H21NO4/c1-21-15-8-5-13(16(10-15)22-2)11-18-17(20)9-12-3-6-14(19)7-4-12/h3,5-6,8,10,12H,4,7,9,11H2,1-2H3,(H,18,20)/t12-/m1/s1. The summed E-state index contributed by atoms with van der Waals surface area (Å²) in [5.41, 5.74) is 0.894. The largest absolute Gasteiger partial charge is 0.497 e. The molecule has 1 N–H and O–H groups in total. The number of carbonyl (C=O) groups is 2. The molecule has 2 rings (SSSR count). The van der Waals surface area contributed by atoms with Crippen LogP contribution in [0.1, 0.15) is 24.8 Å². The minimum absolute atomic E-state index is 0.0260. The highest BCUT2D eigenvalue weighted by molar-refractivity contribution is 5.90. The third kappa shape index (κ3) is 4.35. The summed E-state index contributed by atoms with van der Waals surface area (Å²) in [6.45, 7) is 0.404. The van der Waals surface area contributed by atoms with E-state index in [4.69, 9.17) is 9.47 Å². The molecule has 1 amide bonds. The molecular weight excluding hydrogens is 282 g/mol. The van der Waals surface area contributed by atoms with Gasteiger partial charge in [-0.05, 0) is 30.5 Å². The zero-order valence-corrected chi connectivity index (χ0v) is 12.9. The average molecular weight is 303 g/mol. The number of methoxy groups -OCH3 is 2. The predicted octanol–water partition coefficient (Wildman–Crippen LogP) is 2.25. The number of nitrogens with one attached hydrogen (secondary N) is 1. The Morgan fingerprint density at radius 2 is 2.14 bits per heavy atom. The third-order valence-electron chi connectivity index (χ3n) is 3.73. The summed E-state index contributed by atoms with van der Waals surface area (Å²) in [5, 5.41) is 2.89. The van der Waals surface area contributed by atoms with Crippen LogP contribution >= 0.6 is 0 Å². The Morgan fingerprint density at radius 1 is 1.32 bits per heavy atom. The minimum atomic E-state index is -0.0260. The molecule has 0 aliphatic heterocycles. The summed E-state index contributed by atoms with van der Waals surface area (Å²) in [5.74, 6) is 1.66. The van der Waals surface area contributed by atoms with E-state index in [1.165, 1.54) is 0 Å². The van der Waals surface area contributed by atoms with Crippen LogP contribution in [-0.4, -0.2) is 25.9 Å². The molecule has 5 heteroatoms. The van der Waals surface area contributed by atoms with Crippen LogP contribution in [0.15, 0.2) is 30.4 Å². The van der Waals surface area contributed by atoms with Gasteiger partial charge in [-0.3, -0.25) is 9.59 Å². The normalized spacial score (nSPS) is 17.2. The fourth-order valence-corrected chi connectivity index (χ4v) is 2.42. The van der Waals surface area contributed by atoms with Gasteiger partial charge in [-0.2, -0.15) is 0 Å². The molecule has 0 unspecified atom stereocenters. The fraction of sp³-hybridized carbons (Fsp3) is 0.412. The van der Waals surface area contributed by atoms with Gasteiger partial charge < -0.3 is 14.8 Å². The van der Waals surface area contributed by atoms with Gasteiger partial charge in [-0.1, -0.05) is 6.08 Å². The van der Waals surface area contributed by atoms with Gasteiger partial charge in [-0.15, -0.1) is 0 Å². The molecule has 118 valence electrons. The van der Waals surface area contributed by atoms with Crippen LogP contribution in [0.3, 0.4) is 0 Å². The molecular formula is C17H21NO4. The van der Waals surface area contributed by atoms with Gasteiger partial charge >= 0.3 is 0 Å². The quantitative estimate of drug-likeness (QED) is 0.875. The molecule has 0 saturated heterocycles. The van der Waals surface area contributed by atoms with E-state index in [2.05, 4.69) is 5.32 Å². The number of ketones is 1. The van der Waals surface area contributed by atoms with Crippen molar-refractivity contribution in [2.24, 2.45) is 5.92 Å². The van der Waals surface area contributed by atoms with Gasteiger partial charge in [-0.25, -0.2) is 0 Å². The van der Waals surface area contributed by atoms with Crippen molar-refractivity contribution >= 4 is 11.7 Å². The van der Waals surface area contributed by atoms with Crippen LogP contribution in [0.25, 0.3) is 0 Å². The van der Waals surface area contributed by atoms with Crippen molar-refractivity contribution in [3.05, 3.63) is 35.9 Å². The van der Waals surface area contributed by atoms with Crippen LogP contribution < -0.4 is 14.8 Å². The van der Waals surface area contributed by atoms with E-state index in [9.17, 15) is 9.59 Å². The topological polar surface area (TPSA) is 64.6 Å². The van der Waals surface area contributed by atoms with Crippen molar-refractivity contribution in [3.8, 4) is 11.5 Å². The first-order chi connectivity index (χ1) is 10.6. The van der Waals surface area contributed by atoms with E-state index in [-0.39, 0.29) is 17.6 Å². The number of rotatable bonds is 6. The Labute approximate surface area is 130 Å². The zero-order chi connectivity index (χ0) is 15.9. The molecule has 0 fully saturated rings. The van der Waals surface area contributed by atoms with Crippen LogP contribution in [-0.2, 0) is 16.1 Å². The van der Waals surface area contributed by atoms with E-state index in [0.29, 0.717) is 30.9 Å². The van der Waals surface area contributed by atoms with Crippen molar-refractivity contribution < 1.29 is 19.1 Å². The number of hydrogen-bond donors (Lipinski definition) is 1. The van der Waals surface area contributed by atoms with Gasteiger partial charge in [0.2, 0.25) is 5.91 Å². The maximum Gasteiger partial charge on any atom is 0.220 e. The minimum Gasteiger partial charge on any atom is -0.497 e. The zero-order valence-electron chi connectivity index (χ0n) is 12.9. The van der Waals surface area contributed by atoms with Gasteiger partial charge in [0, 0.05) is 31.0 Å². The second-order valence-corrected chi connectivity index (χ2v) is 5.28. The van der Waals surface area contributed by atoms with Crippen molar-refractivity contribution in [2.45, 2.75) is 25.8 Å². The van der Waals surface area contributed by atoms with Gasteiger partial charge in [0.05, 0.1) is 14.2 Å². The predicted molar refractivity (Wildman–Crippen MR) is 82.9 cm³/mol. The molecule has 1 atom stereocenters. The van der Waals surface area contributed by atoms with Gasteiger partial charge in [0.15, 0.2) is 5.78 Å². The van der Waals surface area contributed by atoms with Crippen molar-refractivity contribution in [1.29, 1.82) is 0 Å². The smallest absolute Gasteiger partial charge is 0.220 e. The summed E-state index contributed by atoms with van der Waals surface area (Å²) in [4.78, 5) is 23.1. The molecule has 0 spiro atoms. The lowest BCUT2D eigenvalue weighted by Gasteiger charge is -2.16. The van der Waals surface area contributed by atoms with Crippen LogP contribution in [0.5, 0.6) is 11.5 Å². The Morgan fingerprint density at radius 3 is 2.77 bits per heavy atom. The maximum atomic E-state index is 12.0. The van der Waals surface area contributed by atoms with Crippen molar-refractivity contribution in [3.63, 3.8) is 0 Å². The van der Waals surface area contributed by atoms with Crippen LogP contribution in [0, 0.1) is 5.92 Å². The Hall–Kier alpha value is -2.30. The van der Waals surface area contributed by atoms with Crippen LogP contribution in [0.4, 0.5) is 0 Å². The second-order valence-electron chi connectivity index (χ2n) is 5.28. The lowest BCUT2D eigenvalue weighted by Crippen LogP contribution is -2.25. The number of carbonyl (C=O) groups excluding carboxylic acids is 2. The summed E-state index contributed by atoms with van der Waals surface area (Å²) in [6.07, 6.45) is 5.09. The Bertz CT molecular complexity index is 580. The van der Waals surface area contributed by atoms with E-state index in [0.717, 1.165) is 12.0 Å². The summed E-state index contributed by atoms with van der Waals surface area (Å²) < 4.78 is 10.4. The number of amides is 1. The molecule has 1 aliphatic carbocycles. The average Bonchev–Trinajstić information content (AvgIpc) is 2.55. The first kappa shape index (κ1) is 16.1. The summed E-state index contributed by atoms with van der Waals surface area (Å²) in [6, 6.07) is 5.49. The van der Waals surface area contributed by atoms with Crippen molar-refractivity contribution in [2.75, 3.05) is 14.2 Å². The monoisotopic (exact) mass is 303 g/mol. The molecule has 0 bridgehead atoms. The summed E-state index contributed by atoms with van der Waals surface area (Å²) >= 11 is 0. The third-order valence-corrected chi connectivity index (χ3v) is 3.73. The lowest BCUT2D eigenvalue weighted by molar-refractivity contribution is -0.122. The Kier molecular flexibility index (Phi) is 5.58. The van der Waals surface area contributed by atoms with E-state index >= 15 is 0 Å². The lowest BCUT2D eigenvalue weighted by atomic mass is 9.92. The maximum absolute atomic E-state index is 12.0. The molecule has 1 aromatic carbocycles. The highest BCUT2D eigenvalue weighted by atomic mass is 16.5. The van der Waals surface area contributed by atoms with Crippen molar-refractivity contribution in [1.82, 2.24) is 5.32 Å². The number of hydrogen-bond acceptors (Lipinski definition) is 4. The first-order valence-corrected chi connectivity index (χ1v) is 7.31. The molecule has 1 aromatic rings. The molecule has 0 radical (unpaired) electrons. The molecule has 22 heavy (non-hydrogen) atoms. The molecule has 0 saturated carbocycles. The second kappa shape index (κ2) is 7.64. The highest BCUT2D eigenvalue weighted by Gasteiger charge is 2.16. The SMILES string of the molecule is COc1ccc(CNC(=O)C[C@@H]2C=CC(=O)CC2)c(OC)c1.